The summed E-state index contributed by atoms with van der Waals surface area (Å²) in [7, 11) is 0. The molecule has 0 bridgehead atoms. The third-order valence-electron chi connectivity index (χ3n) is 21.0. The first kappa shape index (κ1) is 68.8. The molecule has 12 aromatic rings. The summed E-state index contributed by atoms with van der Waals surface area (Å²) < 4.78 is 0. The van der Waals surface area contributed by atoms with Gasteiger partial charge in [0, 0.05) is 115 Å². The zero-order valence-electron chi connectivity index (χ0n) is 58.9. The van der Waals surface area contributed by atoms with Gasteiger partial charge in [0.1, 0.15) is 0 Å². The van der Waals surface area contributed by atoms with Crippen molar-refractivity contribution in [1.82, 2.24) is 14.7 Å². The van der Waals surface area contributed by atoms with Gasteiger partial charge in [-0.3, -0.25) is 43.5 Å². The van der Waals surface area contributed by atoms with Gasteiger partial charge in [0.15, 0.2) is 0 Å². The smallest absolute Gasteiger partial charge is 0.261 e. The first-order chi connectivity index (χ1) is 50.5. The molecular weight excluding hydrogens is 1330 g/mol. The highest BCUT2D eigenvalue weighted by atomic mass is 32.1. The molecule has 103 heavy (non-hydrogen) atoms. The fraction of sp³-hybridized carbons (Fsp3) is 0.267. The van der Waals surface area contributed by atoms with Gasteiger partial charge in [0.2, 0.25) is 0 Å². The standard InChI is InChI=1S/C90H84N4O6S3/c1-4-7-10-13-16-19-55-91-85(95)70-28-22-25-67-64(43-46-73(82(67)70)88(91)98)79-52-49-76(101-79)58-31-37-61(38-32-58)94(62-39-33-59(34-40-62)77-50-53-80(102-77)65-44-47-74-83-68(65)26-23-29-71(83)86(96)92(89(74)99)56-20-17-14-11-8-5-2)63-41-35-60(36-42-63)78-51-54-81(103-78)66-45-48-75-84-69(66)27-24-30-72(84)87(97)93(90(75)100)57-21-18-15-12-9-6-3/h22-54H,4-21,55-57H2,1-3H3. The maximum atomic E-state index is 14.0. The van der Waals surface area contributed by atoms with Gasteiger partial charge in [-0.2, -0.15) is 0 Å². The van der Waals surface area contributed by atoms with Gasteiger partial charge >= 0.3 is 0 Å². The Balaban J connectivity index is 0.709. The van der Waals surface area contributed by atoms with Crippen LogP contribution in [0.15, 0.2) is 200 Å². The summed E-state index contributed by atoms with van der Waals surface area (Å²) in [5.41, 5.74) is 12.5. The van der Waals surface area contributed by atoms with Crippen LogP contribution in [0, 0.1) is 0 Å². The van der Waals surface area contributed by atoms with Crippen LogP contribution in [0.3, 0.4) is 0 Å². The summed E-state index contributed by atoms with van der Waals surface area (Å²) in [6.07, 6.45) is 19.4. The molecule has 10 nitrogen and oxygen atoms in total. The number of hydrogen-bond donors (Lipinski definition) is 0. The first-order valence-corrected chi connectivity index (χ1v) is 39.6. The van der Waals surface area contributed by atoms with Crippen molar-refractivity contribution >= 4 is 119 Å². The highest BCUT2D eigenvalue weighted by Crippen LogP contribution is 2.47. The number of hydrogen-bond acceptors (Lipinski definition) is 10. The minimum absolute atomic E-state index is 0.214. The van der Waals surface area contributed by atoms with Crippen LogP contribution in [0.4, 0.5) is 17.1 Å². The maximum Gasteiger partial charge on any atom is 0.261 e. The van der Waals surface area contributed by atoms with Crippen LogP contribution in [0.2, 0.25) is 0 Å². The maximum absolute atomic E-state index is 14.0. The fourth-order valence-electron chi connectivity index (χ4n) is 15.5. The van der Waals surface area contributed by atoms with E-state index in [1.54, 1.807) is 34.0 Å². The molecule has 0 atom stereocenters. The SMILES string of the molecule is CCCCCCCCN1C(=O)c2cccc3c(-c4ccc(-c5ccc(N(c6ccc(-c7ccc(-c8ccc9c%10c(cccc8%10)C(=O)N(CCCCCCCC)C9=O)s7)cc6)c6ccc(-c7ccc(-c8ccc9c%10c(cccc8%10)C(=O)N(CCCCCCCC)C9=O)s7)cc6)cc5)s4)ccc(c23)C1=O. The van der Waals surface area contributed by atoms with Gasteiger partial charge in [-0.25, -0.2) is 0 Å². The van der Waals surface area contributed by atoms with E-state index in [-0.39, 0.29) is 35.4 Å². The molecule has 0 saturated heterocycles. The van der Waals surface area contributed by atoms with E-state index in [0.29, 0.717) is 53.0 Å². The van der Waals surface area contributed by atoms with Gasteiger partial charge in [-0.05, 0) is 178 Å². The van der Waals surface area contributed by atoms with E-state index in [2.05, 4.69) is 135 Å². The van der Waals surface area contributed by atoms with Crippen molar-refractivity contribution in [2.24, 2.45) is 0 Å². The van der Waals surface area contributed by atoms with Crippen LogP contribution in [0.5, 0.6) is 0 Å². The summed E-state index contributed by atoms with van der Waals surface area (Å²) in [5.74, 6) is -1.28. The molecule has 6 amide bonds. The Bertz CT molecular complexity index is 4650. The molecular formula is C90H84N4O6S3. The minimum atomic E-state index is -0.214. The van der Waals surface area contributed by atoms with Crippen LogP contribution < -0.4 is 4.90 Å². The Morgan fingerprint density at radius 1 is 0.243 bits per heavy atom. The molecule has 13 heteroatoms. The monoisotopic (exact) mass is 1410 g/mol. The summed E-state index contributed by atoms with van der Waals surface area (Å²) in [4.78, 5) is 97.2. The third-order valence-corrected chi connectivity index (χ3v) is 24.5. The van der Waals surface area contributed by atoms with Crippen molar-refractivity contribution in [2.45, 2.75) is 136 Å². The van der Waals surface area contributed by atoms with E-state index in [1.165, 1.54) is 72.5 Å². The highest BCUT2D eigenvalue weighted by molar-refractivity contribution is 7.19. The Hall–Kier alpha value is -9.92. The second-order valence-electron chi connectivity index (χ2n) is 27.7. The highest BCUT2D eigenvalue weighted by Gasteiger charge is 2.37. The summed E-state index contributed by atoms with van der Waals surface area (Å²) in [5, 5.41) is 4.90. The first-order valence-electron chi connectivity index (χ1n) is 37.2. The normalized spacial score (nSPS) is 13.5. The predicted molar refractivity (Wildman–Crippen MR) is 426 cm³/mol. The number of carbonyl (C=O) groups is 6. The molecule has 0 aliphatic carbocycles. The number of imide groups is 3. The lowest BCUT2D eigenvalue weighted by atomic mass is 9.90. The molecule has 0 saturated carbocycles. The van der Waals surface area contributed by atoms with Gasteiger partial charge in [-0.15, -0.1) is 34.0 Å². The van der Waals surface area contributed by atoms with Gasteiger partial charge < -0.3 is 4.90 Å². The second kappa shape index (κ2) is 30.6. The summed E-state index contributed by atoms with van der Waals surface area (Å²) in [6.45, 7) is 7.89. The molecule has 15 rings (SSSR count). The largest absolute Gasteiger partial charge is 0.311 e. The van der Waals surface area contributed by atoms with E-state index in [1.807, 2.05) is 91.0 Å². The number of rotatable bonds is 30. The van der Waals surface area contributed by atoms with Crippen molar-refractivity contribution in [1.29, 1.82) is 0 Å². The number of unbranched alkanes of at least 4 members (excludes halogenated alkanes) is 15. The average molecular weight is 1410 g/mol. The van der Waals surface area contributed by atoms with Crippen molar-refractivity contribution in [3.63, 3.8) is 0 Å². The Morgan fingerprint density at radius 2 is 0.476 bits per heavy atom. The quantitative estimate of drug-likeness (QED) is 0.0325. The topological polar surface area (TPSA) is 115 Å². The number of carbonyl (C=O) groups excluding carboxylic acids is 6. The number of thiophene rings is 3. The molecule has 9 aromatic carbocycles. The molecule has 3 aliphatic heterocycles. The van der Waals surface area contributed by atoms with Crippen LogP contribution >= 0.6 is 34.0 Å². The van der Waals surface area contributed by atoms with Crippen molar-refractivity contribution in [3.05, 3.63) is 234 Å². The van der Waals surface area contributed by atoms with Crippen LogP contribution in [0.25, 0.3) is 95.0 Å². The van der Waals surface area contributed by atoms with Crippen molar-refractivity contribution < 1.29 is 28.8 Å². The zero-order valence-corrected chi connectivity index (χ0v) is 61.3. The van der Waals surface area contributed by atoms with E-state index < -0.39 is 0 Å². The van der Waals surface area contributed by atoms with Gasteiger partial charge in [0.05, 0.1) is 0 Å². The van der Waals surface area contributed by atoms with Crippen LogP contribution in [-0.2, 0) is 0 Å². The molecule has 0 N–H and O–H groups in total. The van der Waals surface area contributed by atoms with Crippen LogP contribution in [-0.4, -0.2) is 69.8 Å². The molecule has 6 heterocycles. The number of anilines is 3. The lowest BCUT2D eigenvalue weighted by Crippen LogP contribution is -2.40. The third kappa shape index (κ3) is 13.4. The predicted octanol–water partition coefficient (Wildman–Crippen LogP) is 24.7. The Morgan fingerprint density at radius 3 is 0.748 bits per heavy atom. The molecule has 3 aromatic heterocycles. The fourth-order valence-corrected chi connectivity index (χ4v) is 18.7. The number of nitrogens with zero attached hydrogens (tertiary/aromatic N) is 4. The van der Waals surface area contributed by atoms with Gasteiger partial charge in [-0.1, -0.05) is 208 Å². The summed E-state index contributed by atoms with van der Waals surface area (Å²) >= 11 is 5.07. The lowest BCUT2D eigenvalue weighted by molar-refractivity contribution is 0.0592. The van der Waals surface area contributed by atoms with Crippen molar-refractivity contribution in [2.75, 3.05) is 24.5 Å². The number of amides is 6. The van der Waals surface area contributed by atoms with E-state index in [9.17, 15) is 28.8 Å². The summed E-state index contributed by atoms with van der Waals surface area (Å²) in [6, 6.07) is 68.3. The molecule has 0 unspecified atom stereocenters. The molecule has 3 aliphatic rings. The van der Waals surface area contributed by atoms with Crippen molar-refractivity contribution in [3.8, 4) is 62.6 Å². The molecule has 0 spiro atoms. The zero-order chi connectivity index (χ0) is 70.7. The van der Waals surface area contributed by atoms with Crippen LogP contribution in [0.1, 0.15) is 198 Å². The van der Waals surface area contributed by atoms with E-state index in [4.69, 9.17) is 0 Å². The number of benzene rings is 9. The molecule has 518 valence electrons. The van der Waals surface area contributed by atoms with Gasteiger partial charge in [0.25, 0.3) is 35.4 Å². The minimum Gasteiger partial charge on any atom is -0.311 e. The Labute approximate surface area is 615 Å². The van der Waals surface area contributed by atoms with E-state index in [0.717, 1.165) is 170 Å². The lowest BCUT2D eigenvalue weighted by Gasteiger charge is -2.27. The average Bonchev–Trinajstić information content (AvgIpc) is 1.42. The second-order valence-corrected chi connectivity index (χ2v) is 31.0. The van der Waals surface area contributed by atoms with E-state index >= 15 is 0 Å². The molecule has 0 radical (unpaired) electrons. The Kier molecular flexibility index (Phi) is 20.4. The molecule has 0 fully saturated rings.